The summed E-state index contributed by atoms with van der Waals surface area (Å²) in [6.07, 6.45) is 34.8. The first kappa shape index (κ1) is 85.1. The second kappa shape index (κ2) is 41.0. The molecule has 8 aromatic heterocycles. The van der Waals surface area contributed by atoms with Gasteiger partial charge in [0.1, 0.15) is 28.8 Å². The Balaban J connectivity index is 0.866. The fourth-order valence-electron chi connectivity index (χ4n) is 15.6. The molecule has 12 rings (SSSR count). The van der Waals surface area contributed by atoms with Gasteiger partial charge >= 0.3 is 0 Å². The summed E-state index contributed by atoms with van der Waals surface area (Å²) in [5, 5.41) is 43.3. The van der Waals surface area contributed by atoms with Crippen LogP contribution in [-0.2, 0) is 4.74 Å². The minimum absolute atomic E-state index is 0.212. The van der Waals surface area contributed by atoms with Crippen molar-refractivity contribution in [3.63, 3.8) is 0 Å². The van der Waals surface area contributed by atoms with E-state index in [0.717, 1.165) is 231 Å². The Kier molecular flexibility index (Phi) is 31.2. The molecule has 4 unspecified atom stereocenters. The molecule has 0 fully saturated rings. The first-order valence-electron chi connectivity index (χ1n) is 42.4. The summed E-state index contributed by atoms with van der Waals surface area (Å²) in [6.45, 7) is 30.1. The molecule has 0 bridgehead atoms. The third kappa shape index (κ3) is 19.7. The average Bonchev–Trinajstić information content (AvgIpc) is 1.57. The van der Waals surface area contributed by atoms with Crippen molar-refractivity contribution in [2.75, 3.05) is 33.0 Å². The summed E-state index contributed by atoms with van der Waals surface area (Å²) in [6, 6.07) is 26.5. The minimum atomic E-state index is 0.212. The molecule has 17 heteroatoms. The van der Waals surface area contributed by atoms with Gasteiger partial charge < -0.3 is 23.7 Å². The van der Waals surface area contributed by atoms with Gasteiger partial charge in [-0.1, -0.05) is 209 Å². The highest BCUT2D eigenvalue weighted by Crippen LogP contribution is 2.57. The van der Waals surface area contributed by atoms with Crippen LogP contribution in [0.25, 0.3) is 91.9 Å². The third-order valence-electron chi connectivity index (χ3n) is 22.8. The van der Waals surface area contributed by atoms with Gasteiger partial charge in [0.25, 0.3) is 0 Å². The van der Waals surface area contributed by atoms with Crippen LogP contribution in [0, 0.1) is 59.2 Å². The third-order valence-corrected chi connectivity index (χ3v) is 32.2. The van der Waals surface area contributed by atoms with Crippen LogP contribution in [0.15, 0.2) is 96.3 Å². The van der Waals surface area contributed by atoms with Crippen LogP contribution in [0.2, 0.25) is 0 Å². The maximum Gasteiger partial charge on any atom is 0.146 e. The Hall–Kier alpha value is -6.28. The van der Waals surface area contributed by atoms with Crippen LogP contribution < -0.4 is 18.9 Å². The normalized spacial score (nSPS) is 14.8. The zero-order valence-electron chi connectivity index (χ0n) is 68.6. The highest BCUT2D eigenvalue weighted by atomic mass is 32.1. The monoisotopic (exact) mass is 1650 g/mol. The molecular formula is C95H120N4O5S8. The summed E-state index contributed by atoms with van der Waals surface area (Å²) < 4.78 is 40.0. The molecule has 0 radical (unpaired) electrons. The summed E-state index contributed by atoms with van der Waals surface area (Å²) >= 11 is 13.9. The average molecular weight is 1650 g/mol. The van der Waals surface area contributed by atoms with Crippen molar-refractivity contribution in [3.05, 3.63) is 126 Å². The standard InChI is InChI=1S/C95H120N4O5S8/c1-13-22-27-28-29-30-31-32-33-34-49-100-87-60(12)81(85(98)86(99)82(87)77-42-39-58(10)105-77)76-48-47-75(109-76)80-53-70-91(104-57-64(21-9)38-26-17-5)94-69(90(95(70)112-80)103-56-63(20-8)37-25-16-4)52-79(111-94)74-46-44-72(108-74)66-41-40-65(83(96)84(66)97)71-43-45-73(107-71)78-51-68-89(102-55-62(19-7)36-24-15-3)92-67(50-59(11)106-92)88(93(68)110-78)101-54-61(18-6)35-23-14-2/h39-48,50-53,61-64,96-99H,13-38,49,54-57H2,1-12H3. The molecule has 0 aliphatic heterocycles. The molecule has 4 N–H and O–H groups in total. The first-order valence-corrected chi connectivity index (χ1v) is 48.9. The predicted octanol–water partition coefficient (Wildman–Crippen LogP) is 32.5. The van der Waals surface area contributed by atoms with Gasteiger partial charge in [0, 0.05) is 102 Å². The Morgan fingerprint density at radius 3 is 1.01 bits per heavy atom. The second-order valence-electron chi connectivity index (χ2n) is 31.2. The van der Waals surface area contributed by atoms with Gasteiger partial charge in [-0.05, 0) is 149 Å². The lowest BCUT2D eigenvalue weighted by molar-refractivity contribution is 0.214. The molecule has 2 aliphatic rings. The Labute approximate surface area is 700 Å². The van der Waals surface area contributed by atoms with E-state index in [1.54, 1.807) is 79.4 Å². The quantitative estimate of drug-likeness (QED) is 0.0222. The molecule has 0 saturated heterocycles. The number of nitrogens with one attached hydrogen (secondary N) is 4. The fraction of sp³-hybridized carbons (Fsp3) is 0.495. The van der Waals surface area contributed by atoms with Crippen molar-refractivity contribution in [1.82, 2.24) is 0 Å². The SMILES string of the molecule is CCCCCCCCCCCCOC1=C(c2ccc(C)s2)C(=N)C(=N)C(c2ccc(-c3cc4c(OCC(CC)CCCC)c5sc(-c6ccc(C7=CC=C(c8ccc(-c9cc%10c(OCC(CC)CCCC)c%11sc(C)cc%11c(OCC(CC)CCCC)c%10s9)s8)C(=N)C7=N)s6)cc5c(OCC(CC)CCCC)c4s3)s2)=C1C. The Bertz CT molecular complexity index is 4890. The van der Waals surface area contributed by atoms with E-state index in [2.05, 4.69) is 168 Å². The van der Waals surface area contributed by atoms with Crippen molar-refractivity contribution in [2.45, 2.75) is 250 Å². The number of ether oxygens (including phenoxy) is 5. The molecule has 598 valence electrons. The number of thiophene rings is 8. The topological polar surface area (TPSA) is 142 Å². The second-order valence-corrected chi connectivity index (χ2v) is 40.1. The molecule has 0 amide bonds. The molecule has 10 aromatic rings. The first-order chi connectivity index (χ1) is 54.6. The molecule has 0 saturated carbocycles. The predicted molar refractivity (Wildman–Crippen MR) is 498 cm³/mol. The van der Waals surface area contributed by atoms with E-state index in [9.17, 15) is 21.6 Å². The van der Waals surface area contributed by atoms with Gasteiger partial charge in [-0.25, -0.2) is 0 Å². The van der Waals surface area contributed by atoms with Gasteiger partial charge in [-0.3, -0.25) is 21.6 Å². The number of fused-ring (bicyclic) bond motifs is 4. The Morgan fingerprint density at radius 2 is 0.625 bits per heavy atom. The van der Waals surface area contributed by atoms with Crippen LogP contribution in [0.5, 0.6) is 23.0 Å². The van der Waals surface area contributed by atoms with Gasteiger partial charge in [0.15, 0.2) is 0 Å². The smallest absolute Gasteiger partial charge is 0.146 e. The van der Waals surface area contributed by atoms with E-state index in [-0.39, 0.29) is 22.8 Å². The van der Waals surface area contributed by atoms with Gasteiger partial charge in [-0.2, -0.15) is 0 Å². The largest absolute Gasteiger partial charge is 0.493 e. The zero-order chi connectivity index (χ0) is 79.0. The van der Waals surface area contributed by atoms with Crippen molar-refractivity contribution >= 4 is 176 Å². The molecule has 4 atom stereocenters. The maximum absolute atomic E-state index is 9.74. The van der Waals surface area contributed by atoms with Crippen molar-refractivity contribution in [1.29, 1.82) is 21.6 Å². The lowest BCUT2D eigenvalue weighted by Gasteiger charge is -2.25. The molecular weight excluding hydrogens is 1530 g/mol. The summed E-state index contributed by atoms with van der Waals surface area (Å²) in [7, 11) is 0. The van der Waals surface area contributed by atoms with Crippen LogP contribution in [0.1, 0.15) is 265 Å². The highest BCUT2D eigenvalue weighted by Gasteiger charge is 2.34. The number of allylic oxidation sites excluding steroid dienone is 7. The number of rotatable bonds is 47. The van der Waals surface area contributed by atoms with Crippen molar-refractivity contribution < 1.29 is 23.7 Å². The van der Waals surface area contributed by atoms with E-state index in [1.165, 1.54) is 91.5 Å². The van der Waals surface area contributed by atoms with E-state index < -0.39 is 0 Å². The van der Waals surface area contributed by atoms with Crippen LogP contribution in [0.4, 0.5) is 0 Å². The van der Waals surface area contributed by atoms with Crippen molar-refractivity contribution in [2.24, 2.45) is 23.7 Å². The van der Waals surface area contributed by atoms with Crippen LogP contribution >= 0.6 is 90.7 Å². The Morgan fingerprint density at radius 1 is 0.295 bits per heavy atom. The highest BCUT2D eigenvalue weighted by molar-refractivity contribution is 7.29. The van der Waals surface area contributed by atoms with Crippen LogP contribution in [-0.4, -0.2) is 55.9 Å². The van der Waals surface area contributed by atoms with Crippen molar-refractivity contribution in [3.8, 4) is 52.3 Å². The number of aryl methyl sites for hydroxylation is 2. The lowest BCUT2D eigenvalue weighted by atomic mass is 9.86. The lowest BCUT2D eigenvalue weighted by Crippen LogP contribution is -2.23. The molecule has 2 aromatic carbocycles. The molecule has 112 heavy (non-hydrogen) atoms. The summed E-state index contributed by atoms with van der Waals surface area (Å²) in [5.74, 6) is 6.29. The van der Waals surface area contributed by atoms with E-state index in [0.29, 0.717) is 56.7 Å². The number of unbranched alkanes of at least 4 members (excludes halogenated alkanes) is 13. The van der Waals surface area contributed by atoms with E-state index in [4.69, 9.17) is 23.7 Å². The zero-order valence-corrected chi connectivity index (χ0v) is 75.2. The summed E-state index contributed by atoms with van der Waals surface area (Å²) in [5.41, 5.74) is 4.82. The summed E-state index contributed by atoms with van der Waals surface area (Å²) in [4.78, 5) is 13.0. The molecule has 0 spiro atoms. The van der Waals surface area contributed by atoms with Gasteiger partial charge in [-0.15, -0.1) is 90.7 Å². The number of hydrogen-bond acceptors (Lipinski definition) is 17. The minimum Gasteiger partial charge on any atom is -0.493 e. The van der Waals surface area contributed by atoms with E-state index >= 15 is 0 Å². The number of benzene rings is 2. The fourth-order valence-corrected chi connectivity index (χ4v) is 24.5. The van der Waals surface area contributed by atoms with Crippen LogP contribution in [0.3, 0.4) is 0 Å². The number of hydrogen-bond donors (Lipinski definition) is 4. The maximum atomic E-state index is 9.74. The van der Waals surface area contributed by atoms with Gasteiger partial charge in [0.05, 0.1) is 80.3 Å². The van der Waals surface area contributed by atoms with E-state index in [1.807, 2.05) is 11.3 Å². The molecule has 8 heterocycles. The van der Waals surface area contributed by atoms with Gasteiger partial charge in [0.2, 0.25) is 0 Å². The molecule has 9 nitrogen and oxygen atoms in total. The molecule has 2 aliphatic carbocycles.